The molecular weight excluding hydrogens is 546 g/mol. The summed E-state index contributed by atoms with van der Waals surface area (Å²) in [4.78, 5) is 0.0192. The zero-order chi connectivity index (χ0) is 27.9. The maximum absolute atomic E-state index is 13.5. The first-order valence-corrected chi connectivity index (χ1v) is 14.2. The molecular formula is C32H22ClNO5S. The van der Waals surface area contributed by atoms with E-state index in [-0.39, 0.29) is 22.1 Å². The Bertz CT molecular complexity index is 2010. The van der Waals surface area contributed by atoms with Gasteiger partial charge in [0.1, 0.15) is 23.0 Å². The van der Waals surface area contributed by atoms with Crippen LogP contribution in [-0.4, -0.2) is 18.6 Å². The summed E-state index contributed by atoms with van der Waals surface area (Å²) in [6.45, 7) is 0. The summed E-state index contributed by atoms with van der Waals surface area (Å²) in [5.41, 5.74) is 0.962. The molecule has 0 saturated carbocycles. The van der Waals surface area contributed by atoms with Gasteiger partial charge in [-0.05, 0) is 59.3 Å². The van der Waals surface area contributed by atoms with Crippen LogP contribution in [0.3, 0.4) is 0 Å². The van der Waals surface area contributed by atoms with Crippen molar-refractivity contribution in [3.63, 3.8) is 0 Å². The summed E-state index contributed by atoms with van der Waals surface area (Å²) in [5, 5.41) is 25.1. The summed E-state index contributed by atoms with van der Waals surface area (Å²) in [6.07, 6.45) is 0. The third-order valence-electron chi connectivity index (χ3n) is 6.64. The molecule has 6 aromatic rings. The smallest absolute Gasteiger partial charge is 0.261 e. The number of hydrogen-bond donors (Lipinski definition) is 3. The number of benzene rings is 6. The van der Waals surface area contributed by atoms with Crippen LogP contribution >= 0.6 is 11.6 Å². The van der Waals surface area contributed by atoms with E-state index in [1.807, 2.05) is 24.3 Å². The third-order valence-corrected chi connectivity index (χ3v) is 8.33. The van der Waals surface area contributed by atoms with Gasteiger partial charge in [0, 0.05) is 21.9 Å². The molecule has 0 aliphatic rings. The predicted octanol–water partition coefficient (Wildman–Crippen LogP) is 8.32. The van der Waals surface area contributed by atoms with Gasteiger partial charge in [0.15, 0.2) is 0 Å². The summed E-state index contributed by atoms with van der Waals surface area (Å²) >= 11 is 6.16. The van der Waals surface area contributed by atoms with E-state index in [4.69, 9.17) is 16.3 Å². The molecule has 8 heteroatoms. The van der Waals surface area contributed by atoms with Gasteiger partial charge in [-0.1, -0.05) is 78.3 Å². The molecule has 0 aliphatic heterocycles. The predicted molar refractivity (Wildman–Crippen MR) is 159 cm³/mol. The highest BCUT2D eigenvalue weighted by Gasteiger charge is 2.21. The second-order valence-electron chi connectivity index (χ2n) is 9.16. The van der Waals surface area contributed by atoms with Gasteiger partial charge in [0.05, 0.1) is 15.6 Å². The van der Waals surface area contributed by atoms with Gasteiger partial charge in [-0.3, -0.25) is 4.72 Å². The number of nitrogens with one attached hydrogen (secondary N) is 1. The van der Waals surface area contributed by atoms with Crippen molar-refractivity contribution < 1.29 is 23.4 Å². The Morgan fingerprint density at radius 1 is 0.700 bits per heavy atom. The molecule has 0 spiro atoms. The Morgan fingerprint density at radius 3 is 2.10 bits per heavy atom. The van der Waals surface area contributed by atoms with Gasteiger partial charge in [-0.15, -0.1) is 0 Å². The summed E-state index contributed by atoms with van der Waals surface area (Å²) in [7, 11) is -4.04. The number of ether oxygens (including phenoxy) is 1. The topological polar surface area (TPSA) is 95.9 Å². The summed E-state index contributed by atoms with van der Waals surface area (Å²) in [6, 6.07) is 32.3. The van der Waals surface area contributed by atoms with Crippen molar-refractivity contribution in [2.24, 2.45) is 0 Å². The molecule has 40 heavy (non-hydrogen) atoms. The van der Waals surface area contributed by atoms with Crippen LogP contribution in [0.2, 0.25) is 5.02 Å². The van der Waals surface area contributed by atoms with Crippen LogP contribution in [0, 0.1) is 0 Å². The second kappa shape index (κ2) is 10.1. The van der Waals surface area contributed by atoms with E-state index >= 15 is 0 Å². The number of halogens is 1. The summed E-state index contributed by atoms with van der Waals surface area (Å²) in [5.74, 6) is 0.784. The van der Waals surface area contributed by atoms with Gasteiger partial charge < -0.3 is 14.9 Å². The zero-order valence-electron chi connectivity index (χ0n) is 20.9. The Morgan fingerprint density at radius 2 is 1.35 bits per heavy atom. The maximum Gasteiger partial charge on any atom is 0.261 e. The standard InChI is InChI=1S/C32H22ClNO5S/c33-27-11-5-6-12-30(27)39-21-14-16-22(17-15-21)40(37,38)34-28-19-26(32(36)25-10-4-3-9-24(25)28)31-23-8-2-1-7-20(23)13-18-29(31)35/h1-19,34-36H. The fraction of sp³-hybridized carbons (Fsp3) is 0. The van der Waals surface area contributed by atoms with E-state index in [9.17, 15) is 18.6 Å². The fourth-order valence-electron chi connectivity index (χ4n) is 4.72. The van der Waals surface area contributed by atoms with Gasteiger partial charge in [-0.2, -0.15) is 0 Å². The molecule has 0 aliphatic carbocycles. The quantitative estimate of drug-likeness (QED) is 0.176. The lowest BCUT2D eigenvalue weighted by atomic mass is 9.93. The van der Waals surface area contributed by atoms with Crippen LogP contribution in [0.15, 0.2) is 120 Å². The highest BCUT2D eigenvalue weighted by atomic mass is 35.5. The molecule has 6 aromatic carbocycles. The lowest BCUT2D eigenvalue weighted by Gasteiger charge is -2.17. The number of fused-ring (bicyclic) bond motifs is 2. The van der Waals surface area contributed by atoms with Crippen molar-refractivity contribution in [1.82, 2.24) is 0 Å². The lowest BCUT2D eigenvalue weighted by molar-refractivity contribution is 0.472. The minimum atomic E-state index is -4.04. The number of phenols is 2. The van der Waals surface area contributed by atoms with Crippen LogP contribution in [0.5, 0.6) is 23.0 Å². The van der Waals surface area contributed by atoms with Crippen molar-refractivity contribution in [2.45, 2.75) is 4.90 Å². The molecule has 0 atom stereocenters. The molecule has 0 fully saturated rings. The number of phenolic OH excluding ortho intramolecular Hbond substituents is 2. The first kappa shape index (κ1) is 25.6. The Hall–Kier alpha value is -4.72. The van der Waals surface area contributed by atoms with Crippen molar-refractivity contribution in [2.75, 3.05) is 4.72 Å². The molecule has 198 valence electrons. The molecule has 3 N–H and O–H groups in total. The van der Waals surface area contributed by atoms with E-state index in [0.717, 1.165) is 10.8 Å². The molecule has 6 nitrogen and oxygen atoms in total. The number of sulfonamides is 1. The number of aromatic hydroxyl groups is 2. The average Bonchev–Trinajstić information content (AvgIpc) is 2.96. The maximum atomic E-state index is 13.5. The van der Waals surface area contributed by atoms with Crippen molar-refractivity contribution >= 4 is 48.9 Å². The Kier molecular flexibility index (Phi) is 6.46. The van der Waals surface area contributed by atoms with Crippen LogP contribution < -0.4 is 9.46 Å². The van der Waals surface area contributed by atoms with Crippen molar-refractivity contribution in [3.05, 3.63) is 120 Å². The lowest BCUT2D eigenvalue weighted by Crippen LogP contribution is -2.13. The normalized spacial score (nSPS) is 11.5. The first-order valence-electron chi connectivity index (χ1n) is 12.3. The zero-order valence-corrected chi connectivity index (χ0v) is 22.4. The Balaban J connectivity index is 1.42. The van der Waals surface area contributed by atoms with E-state index in [1.165, 1.54) is 12.1 Å². The minimum Gasteiger partial charge on any atom is -0.507 e. The molecule has 0 radical (unpaired) electrons. The van der Waals surface area contributed by atoms with Crippen molar-refractivity contribution in [1.29, 1.82) is 0 Å². The van der Waals surface area contributed by atoms with E-state index < -0.39 is 10.0 Å². The third kappa shape index (κ3) is 4.66. The molecule has 6 rings (SSSR count). The molecule has 0 saturated heterocycles. The van der Waals surface area contributed by atoms with E-state index in [1.54, 1.807) is 78.9 Å². The van der Waals surface area contributed by atoms with Crippen LogP contribution in [0.4, 0.5) is 5.69 Å². The van der Waals surface area contributed by atoms with Gasteiger partial charge in [-0.25, -0.2) is 8.42 Å². The highest BCUT2D eigenvalue weighted by molar-refractivity contribution is 7.92. The molecule has 0 aromatic heterocycles. The highest BCUT2D eigenvalue weighted by Crippen LogP contribution is 2.46. The largest absolute Gasteiger partial charge is 0.507 e. The van der Waals surface area contributed by atoms with Gasteiger partial charge in [0.25, 0.3) is 10.0 Å². The number of hydrogen-bond acceptors (Lipinski definition) is 5. The van der Waals surface area contributed by atoms with Gasteiger partial charge >= 0.3 is 0 Å². The van der Waals surface area contributed by atoms with Crippen molar-refractivity contribution in [3.8, 4) is 34.1 Å². The SMILES string of the molecule is O=S(=O)(Nc1cc(-c2c(O)ccc3ccccc23)c(O)c2ccccc12)c1ccc(Oc2ccccc2Cl)cc1. The molecule has 0 unspecified atom stereocenters. The Labute approximate surface area is 235 Å². The fourth-order valence-corrected chi connectivity index (χ4v) is 5.97. The van der Waals surface area contributed by atoms with Crippen LogP contribution in [0.25, 0.3) is 32.7 Å². The number of para-hydroxylation sites is 1. The molecule has 0 bridgehead atoms. The average molecular weight is 568 g/mol. The van der Waals surface area contributed by atoms with E-state index in [2.05, 4.69) is 4.72 Å². The van der Waals surface area contributed by atoms with Crippen LogP contribution in [-0.2, 0) is 10.0 Å². The summed E-state index contributed by atoms with van der Waals surface area (Å²) < 4.78 is 35.4. The number of rotatable bonds is 6. The second-order valence-corrected chi connectivity index (χ2v) is 11.2. The monoisotopic (exact) mass is 567 g/mol. The molecule has 0 amide bonds. The first-order chi connectivity index (χ1) is 19.3. The van der Waals surface area contributed by atoms with Gasteiger partial charge in [0.2, 0.25) is 0 Å². The molecule has 0 heterocycles. The minimum absolute atomic E-state index is 0.0192. The van der Waals surface area contributed by atoms with E-state index in [0.29, 0.717) is 38.4 Å². The number of anilines is 1. The van der Waals surface area contributed by atoms with Crippen LogP contribution in [0.1, 0.15) is 0 Å².